The molecule has 0 aromatic heterocycles. The van der Waals surface area contributed by atoms with Gasteiger partial charge in [-0.3, -0.25) is 4.79 Å². The van der Waals surface area contributed by atoms with Gasteiger partial charge in [0.05, 0.1) is 26.5 Å². The lowest BCUT2D eigenvalue weighted by atomic mass is 10.2. The maximum atomic E-state index is 10.8. The Labute approximate surface area is 147 Å². The number of methoxy groups -OCH3 is 1. The number of nitrogens with one attached hydrogen (secondary N) is 1. The Morgan fingerprint density at radius 3 is 2.64 bits per heavy atom. The molecule has 0 spiro atoms. The van der Waals surface area contributed by atoms with Gasteiger partial charge < -0.3 is 14.2 Å². The van der Waals surface area contributed by atoms with E-state index in [1.165, 1.54) is 6.92 Å². The van der Waals surface area contributed by atoms with Crippen molar-refractivity contribution in [1.82, 2.24) is 5.43 Å². The third-order valence-corrected chi connectivity index (χ3v) is 3.20. The molecule has 0 aliphatic rings. The molecule has 6 heteroatoms. The fourth-order valence-electron chi connectivity index (χ4n) is 2.03. The zero-order chi connectivity index (χ0) is 17.9. The number of hydrogen-bond acceptors (Lipinski definition) is 5. The summed E-state index contributed by atoms with van der Waals surface area (Å²) in [6.45, 7) is 2.45. The molecule has 132 valence electrons. The molecule has 2 aromatic carbocycles. The number of para-hydroxylation sites is 1. The lowest BCUT2D eigenvalue weighted by molar-refractivity contribution is -0.118. The van der Waals surface area contributed by atoms with Gasteiger partial charge in [0.1, 0.15) is 17.2 Å². The van der Waals surface area contributed by atoms with E-state index in [0.717, 1.165) is 23.5 Å². The van der Waals surface area contributed by atoms with E-state index in [0.29, 0.717) is 19.0 Å². The summed E-state index contributed by atoms with van der Waals surface area (Å²) in [5.41, 5.74) is 3.17. The quantitative estimate of drug-likeness (QED) is 0.432. The van der Waals surface area contributed by atoms with Crippen LogP contribution in [-0.4, -0.2) is 32.4 Å². The summed E-state index contributed by atoms with van der Waals surface area (Å²) in [4.78, 5) is 10.8. The molecular weight excluding hydrogens is 320 g/mol. The molecule has 25 heavy (non-hydrogen) atoms. The zero-order valence-corrected chi connectivity index (χ0v) is 14.4. The predicted octanol–water partition coefficient (Wildman–Crippen LogP) is 3.01. The Bertz CT molecular complexity index is 716. The SMILES string of the molecule is COc1cccc(OCCCOc2ccccc2/C=N/NC(C)=O)c1. The molecule has 0 aliphatic heterocycles. The summed E-state index contributed by atoms with van der Waals surface area (Å²) >= 11 is 0. The van der Waals surface area contributed by atoms with Gasteiger partial charge in [-0.2, -0.15) is 5.10 Å². The van der Waals surface area contributed by atoms with Gasteiger partial charge in [-0.25, -0.2) is 5.43 Å². The highest BCUT2D eigenvalue weighted by Gasteiger charge is 2.01. The topological polar surface area (TPSA) is 69.2 Å². The smallest absolute Gasteiger partial charge is 0.236 e. The van der Waals surface area contributed by atoms with Gasteiger partial charge in [0.2, 0.25) is 5.91 Å². The Balaban J connectivity index is 1.78. The van der Waals surface area contributed by atoms with Crippen LogP contribution in [0.15, 0.2) is 53.6 Å². The summed E-state index contributed by atoms with van der Waals surface area (Å²) in [6, 6.07) is 15.0. The predicted molar refractivity (Wildman–Crippen MR) is 96.5 cm³/mol. The Hall–Kier alpha value is -3.02. The van der Waals surface area contributed by atoms with Crippen LogP contribution in [0.25, 0.3) is 0 Å². The molecule has 0 saturated heterocycles. The van der Waals surface area contributed by atoms with Gasteiger partial charge in [0.15, 0.2) is 0 Å². The van der Waals surface area contributed by atoms with Crippen LogP contribution in [0, 0.1) is 0 Å². The second-order valence-electron chi connectivity index (χ2n) is 5.19. The number of ether oxygens (including phenoxy) is 3. The first-order chi connectivity index (χ1) is 12.2. The first-order valence-electron chi connectivity index (χ1n) is 7.97. The standard InChI is InChI=1S/C19H22N2O4/c1-15(22)21-20-14-16-7-3-4-10-19(16)25-12-6-11-24-18-9-5-8-17(13-18)23-2/h3-5,7-10,13-14H,6,11-12H2,1-2H3,(H,21,22)/b20-14+. The van der Waals surface area contributed by atoms with Gasteiger partial charge >= 0.3 is 0 Å². The van der Waals surface area contributed by atoms with Crippen molar-refractivity contribution in [3.05, 3.63) is 54.1 Å². The van der Waals surface area contributed by atoms with Crippen LogP contribution in [0.3, 0.4) is 0 Å². The van der Waals surface area contributed by atoms with Crippen molar-refractivity contribution < 1.29 is 19.0 Å². The van der Waals surface area contributed by atoms with E-state index >= 15 is 0 Å². The van der Waals surface area contributed by atoms with Gasteiger partial charge in [0, 0.05) is 25.0 Å². The molecule has 0 unspecified atom stereocenters. The third-order valence-electron chi connectivity index (χ3n) is 3.20. The number of benzene rings is 2. The van der Waals surface area contributed by atoms with Gasteiger partial charge in [-0.1, -0.05) is 18.2 Å². The summed E-state index contributed by atoms with van der Waals surface area (Å²) in [6.07, 6.45) is 2.29. The Kier molecular flexibility index (Phi) is 7.31. The molecule has 0 atom stereocenters. The maximum absolute atomic E-state index is 10.8. The second-order valence-corrected chi connectivity index (χ2v) is 5.19. The van der Waals surface area contributed by atoms with Crippen LogP contribution in [0.5, 0.6) is 17.2 Å². The molecule has 0 bridgehead atoms. The average Bonchev–Trinajstić information content (AvgIpc) is 2.62. The fourth-order valence-corrected chi connectivity index (χ4v) is 2.03. The van der Waals surface area contributed by atoms with E-state index < -0.39 is 0 Å². The van der Waals surface area contributed by atoms with E-state index in [9.17, 15) is 4.79 Å². The number of amides is 1. The molecule has 0 radical (unpaired) electrons. The van der Waals surface area contributed by atoms with E-state index in [1.54, 1.807) is 13.3 Å². The summed E-state index contributed by atoms with van der Waals surface area (Å²) in [7, 11) is 1.62. The molecule has 1 amide bonds. The molecule has 2 aromatic rings. The number of hydrogen-bond donors (Lipinski definition) is 1. The Morgan fingerprint density at radius 1 is 1.08 bits per heavy atom. The van der Waals surface area contributed by atoms with Crippen molar-refractivity contribution in [2.75, 3.05) is 20.3 Å². The van der Waals surface area contributed by atoms with Crippen molar-refractivity contribution >= 4 is 12.1 Å². The lowest BCUT2D eigenvalue weighted by Gasteiger charge is -2.10. The van der Waals surface area contributed by atoms with Crippen LogP contribution in [0.1, 0.15) is 18.9 Å². The average molecular weight is 342 g/mol. The minimum atomic E-state index is -0.218. The number of carbonyl (C=O) groups is 1. The number of nitrogens with zero attached hydrogens (tertiary/aromatic N) is 1. The molecule has 6 nitrogen and oxygen atoms in total. The van der Waals surface area contributed by atoms with Crippen LogP contribution in [0.4, 0.5) is 0 Å². The normalized spacial score (nSPS) is 10.5. The van der Waals surface area contributed by atoms with Crippen molar-refractivity contribution in [3.63, 3.8) is 0 Å². The van der Waals surface area contributed by atoms with E-state index in [4.69, 9.17) is 14.2 Å². The maximum Gasteiger partial charge on any atom is 0.236 e. The zero-order valence-electron chi connectivity index (χ0n) is 14.4. The lowest BCUT2D eigenvalue weighted by Crippen LogP contribution is -2.12. The van der Waals surface area contributed by atoms with E-state index in [2.05, 4.69) is 10.5 Å². The third kappa shape index (κ3) is 6.55. The highest BCUT2D eigenvalue weighted by molar-refractivity contribution is 5.84. The molecule has 2 rings (SSSR count). The summed E-state index contributed by atoms with van der Waals surface area (Å²) in [5.74, 6) is 2.02. The molecule has 1 N–H and O–H groups in total. The number of hydrazone groups is 1. The monoisotopic (exact) mass is 342 g/mol. The van der Waals surface area contributed by atoms with Crippen LogP contribution in [0.2, 0.25) is 0 Å². The van der Waals surface area contributed by atoms with E-state index in [1.807, 2.05) is 48.5 Å². The van der Waals surface area contributed by atoms with Crippen LogP contribution in [-0.2, 0) is 4.79 Å². The molecule has 0 saturated carbocycles. The molecule has 0 fully saturated rings. The highest BCUT2D eigenvalue weighted by Crippen LogP contribution is 2.19. The van der Waals surface area contributed by atoms with Gasteiger partial charge in [-0.05, 0) is 24.3 Å². The number of carbonyl (C=O) groups excluding carboxylic acids is 1. The van der Waals surface area contributed by atoms with Crippen molar-refractivity contribution in [1.29, 1.82) is 0 Å². The van der Waals surface area contributed by atoms with Crippen LogP contribution < -0.4 is 19.6 Å². The minimum Gasteiger partial charge on any atom is -0.497 e. The summed E-state index contributed by atoms with van der Waals surface area (Å²) in [5, 5.41) is 3.86. The minimum absolute atomic E-state index is 0.218. The summed E-state index contributed by atoms with van der Waals surface area (Å²) < 4.78 is 16.6. The van der Waals surface area contributed by atoms with E-state index in [-0.39, 0.29) is 5.91 Å². The van der Waals surface area contributed by atoms with Crippen molar-refractivity contribution in [2.24, 2.45) is 5.10 Å². The fraction of sp³-hybridized carbons (Fsp3) is 0.263. The van der Waals surface area contributed by atoms with Gasteiger partial charge in [0.25, 0.3) is 0 Å². The Morgan fingerprint density at radius 2 is 1.84 bits per heavy atom. The van der Waals surface area contributed by atoms with Gasteiger partial charge in [-0.15, -0.1) is 0 Å². The molecular formula is C19H22N2O4. The largest absolute Gasteiger partial charge is 0.497 e. The molecule has 0 heterocycles. The number of rotatable bonds is 9. The van der Waals surface area contributed by atoms with Crippen molar-refractivity contribution in [2.45, 2.75) is 13.3 Å². The first-order valence-corrected chi connectivity index (χ1v) is 7.97. The highest BCUT2D eigenvalue weighted by atomic mass is 16.5. The van der Waals surface area contributed by atoms with Crippen LogP contribution >= 0.6 is 0 Å². The van der Waals surface area contributed by atoms with Crippen molar-refractivity contribution in [3.8, 4) is 17.2 Å². The second kappa shape index (κ2) is 9.97. The molecule has 0 aliphatic carbocycles. The first kappa shape index (κ1) is 18.3.